The van der Waals surface area contributed by atoms with E-state index >= 15 is 0 Å². The van der Waals surface area contributed by atoms with Gasteiger partial charge in [0, 0.05) is 23.0 Å². The molecule has 1 aliphatic rings. The minimum Gasteiger partial charge on any atom is -0.472 e. The minimum atomic E-state index is -0.323. The van der Waals surface area contributed by atoms with Crippen molar-refractivity contribution in [2.75, 3.05) is 0 Å². The number of nitrogens with one attached hydrogen (secondary N) is 1. The number of pyridine rings is 1. The Morgan fingerprint density at radius 2 is 2.37 bits per heavy atom. The molecule has 1 fully saturated rings. The molecular weight excluding hydrogens is 263 g/mol. The summed E-state index contributed by atoms with van der Waals surface area (Å²) in [7, 11) is 0. The van der Waals surface area contributed by atoms with Gasteiger partial charge in [-0.3, -0.25) is 0 Å². The third-order valence-corrected chi connectivity index (χ3v) is 3.83. The normalized spacial score (nSPS) is 14.6. The molecule has 1 N–H and O–H groups in total. The van der Waals surface area contributed by atoms with Gasteiger partial charge in [-0.15, -0.1) is 11.3 Å². The number of thiophene rings is 1. The van der Waals surface area contributed by atoms with Crippen molar-refractivity contribution in [1.29, 1.82) is 0 Å². The molecule has 1 aliphatic carbocycles. The summed E-state index contributed by atoms with van der Waals surface area (Å²) in [6.45, 7) is 1.09. The highest BCUT2D eigenvalue weighted by Gasteiger charge is 2.21. The van der Waals surface area contributed by atoms with Crippen LogP contribution >= 0.6 is 11.3 Å². The van der Waals surface area contributed by atoms with Crippen LogP contribution in [0, 0.1) is 5.82 Å². The van der Waals surface area contributed by atoms with E-state index in [4.69, 9.17) is 4.74 Å². The first kappa shape index (κ1) is 12.6. The molecule has 0 atom stereocenters. The second-order valence-electron chi connectivity index (χ2n) is 4.64. The van der Waals surface area contributed by atoms with Crippen LogP contribution in [0.4, 0.5) is 4.39 Å². The Morgan fingerprint density at radius 1 is 1.47 bits per heavy atom. The van der Waals surface area contributed by atoms with Crippen LogP contribution in [0.2, 0.25) is 0 Å². The molecule has 3 nitrogen and oxygen atoms in total. The van der Waals surface area contributed by atoms with E-state index in [1.807, 2.05) is 17.5 Å². The van der Waals surface area contributed by atoms with E-state index < -0.39 is 0 Å². The molecule has 100 valence electrons. The number of rotatable bonds is 6. The first-order valence-electron chi connectivity index (χ1n) is 6.34. The number of nitrogens with zero attached hydrogens (tertiary/aromatic N) is 1. The third kappa shape index (κ3) is 3.52. The number of hydrogen-bond acceptors (Lipinski definition) is 4. The van der Waals surface area contributed by atoms with Gasteiger partial charge in [0.15, 0.2) is 0 Å². The standard InChI is InChI=1S/C14H15FN2OS/c15-11-6-10(7-16-12-3-4-12)14(17-8-11)18-9-13-2-1-5-19-13/h1-2,5-6,8,12,16H,3-4,7,9H2. The Bertz CT molecular complexity index is 540. The molecule has 1 saturated carbocycles. The van der Waals surface area contributed by atoms with Crippen LogP contribution in [-0.4, -0.2) is 11.0 Å². The molecular formula is C14H15FN2OS. The van der Waals surface area contributed by atoms with Gasteiger partial charge in [0.2, 0.25) is 5.88 Å². The largest absolute Gasteiger partial charge is 0.472 e. The molecule has 0 unspecified atom stereocenters. The van der Waals surface area contributed by atoms with E-state index in [2.05, 4.69) is 10.3 Å². The molecule has 2 aromatic heterocycles. The maximum absolute atomic E-state index is 13.3. The lowest BCUT2D eigenvalue weighted by atomic mass is 10.2. The average molecular weight is 278 g/mol. The first-order valence-corrected chi connectivity index (χ1v) is 7.22. The zero-order valence-electron chi connectivity index (χ0n) is 10.4. The predicted molar refractivity (Wildman–Crippen MR) is 72.7 cm³/mol. The summed E-state index contributed by atoms with van der Waals surface area (Å²) in [6.07, 6.45) is 3.60. The van der Waals surface area contributed by atoms with E-state index in [1.54, 1.807) is 11.3 Å². The SMILES string of the molecule is Fc1cnc(OCc2cccs2)c(CNC2CC2)c1. The summed E-state index contributed by atoms with van der Waals surface area (Å²) in [5.41, 5.74) is 0.781. The van der Waals surface area contributed by atoms with Crippen LogP contribution in [0.3, 0.4) is 0 Å². The van der Waals surface area contributed by atoms with Gasteiger partial charge < -0.3 is 10.1 Å². The van der Waals surface area contributed by atoms with Gasteiger partial charge in [-0.05, 0) is 30.4 Å². The second-order valence-corrected chi connectivity index (χ2v) is 5.67. The molecule has 0 aromatic carbocycles. The maximum atomic E-state index is 13.3. The van der Waals surface area contributed by atoms with E-state index in [1.165, 1.54) is 25.1 Å². The monoisotopic (exact) mass is 278 g/mol. The van der Waals surface area contributed by atoms with Crippen molar-refractivity contribution in [3.63, 3.8) is 0 Å². The molecule has 0 amide bonds. The number of aromatic nitrogens is 1. The van der Waals surface area contributed by atoms with Crippen LogP contribution in [0.15, 0.2) is 29.8 Å². The third-order valence-electron chi connectivity index (χ3n) is 2.98. The maximum Gasteiger partial charge on any atom is 0.218 e. The molecule has 2 aromatic rings. The van der Waals surface area contributed by atoms with E-state index in [0.29, 0.717) is 25.1 Å². The van der Waals surface area contributed by atoms with Gasteiger partial charge in [-0.2, -0.15) is 0 Å². The molecule has 0 aliphatic heterocycles. The second kappa shape index (κ2) is 5.67. The number of ether oxygens (including phenoxy) is 1. The molecule has 19 heavy (non-hydrogen) atoms. The van der Waals surface area contributed by atoms with Gasteiger partial charge in [0.1, 0.15) is 12.4 Å². The summed E-state index contributed by atoms with van der Waals surface area (Å²) >= 11 is 1.64. The van der Waals surface area contributed by atoms with Crippen LogP contribution in [0.5, 0.6) is 5.88 Å². The molecule has 0 saturated heterocycles. The zero-order valence-corrected chi connectivity index (χ0v) is 11.3. The zero-order chi connectivity index (χ0) is 13.1. The molecule has 5 heteroatoms. The number of hydrogen-bond donors (Lipinski definition) is 1. The molecule has 2 heterocycles. The van der Waals surface area contributed by atoms with Crippen molar-refractivity contribution in [2.24, 2.45) is 0 Å². The lowest BCUT2D eigenvalue weighted by Crippen LogP contribution is -2.16. The fourth-order valence-corrected chi connectivity index (χ4v) is 2.42. The summed E-state index contributed by atoms with van der Waals surface area (Å²) < 4.78 is 18.9. The Labute approximate surface area is 115 Å². The highest BCUT2D eigenvalue weighted by Crippen LogP contribution is 2.22. The fraction of sp³-hybridized carbons (Fsp3) is 0.357. The van der Waals surface area contributed by atoms with Crippen molar-refractivity contribution in [2.45, 2.75) is 32.0 Å². The Hall–Kier alpha value is -1.46. The van der Waals surface area contributed by atoms with Gasteiger partial charge >= 0.3 is 0 Å². The quantitative estimate of drug-likeness (QED) is 0.881. The van der Waals surface area contributed by atoms with Gasteiger partial charge in [0.25, 0.3) is 0 Å². The highest BCUT2D eigenvalue weighted by atomic mass is 32.1. The van der Waals surface area contributed by atoms with Crippen molar-refractivity contribution in [1.82, 2.24) is 10.3 Å². The van der Waals surface area contributed by atoms with E-state index in [9.17, 15) is 4.39 Å². The van der Waals surface area contributed by atoms with Gasteiger partial charge in [-0.25, -0.2) is 9.37 Å². The van der Waals surface area contributed by atoms with E-state index in [0.717, 1.165) is 10.4 Å². The Balaban J connectivity index is 1.67. The van der Waals surface area contributed by atoms with Crippen LogP contribution in [-0.2, 0) is 13.2 Å². The summed E-state index contributed by atoms with van der Waals surface area (Å²) in [6, 6.07) is 6.06. The van der Waals surface area contributed by atoms with Crippen LogP contribution in [0.25, 0.3) is 0 Å². The summed E-state index contributed by atoms with van der Waals surface area (Å²) in [5, 5.41) is 5.36. The molecule has 0 radical (unpaired) electrons. The van der Waals surface area contributed by atoms with Crippen molar-refractivity contribution in [3.05, 3.63) is 46.0 Å². The van der Waals surface area contributed by atoms with Gasteiger partial charge in [0.05, 0.1) is 6.20 Å². The van der Waals surface area contributed by atoms with Crippen molar-refractivity contribution in [3.8, 4) is 5.88 Å². The number of halogens is 1. The van der Waals surface area contributed by atoms with Crippen LogP contribution < -0.4 is 10.1 Å². The van der Waals surface area contributed by atoms with Crippen molar-refractivity contribution >= 4 is 11.3 Å². The topological polar surface area (TPSA) is 34.1 Å². The van der Waals surface area contributed by atoms with Crippen molar-refractivity contribution < 1.29 is 9.13 Å². The summed E-state index contributed by atoms with van der Waals surface area (Å²) in [5.74, 6) is 0.194. The Morgan fingerprint density at radius 3 is 3.11 bits per heavy atom. The molecule has 3 rings (SSSR count). The van der Waals surface area contributed by atoms with Gasteiger partial charge in [-0.1, -0.05) is 6.07 Å². The van der Waals surface area contributed by atoms with E-state index in [-0.39, 0.29) is 5.82 Å². The molecule has 0 spiro atoms. The first-order chi connectivity index (χ1) is 9.31. The highest BCUT2D eigenvalue weighted by molar-refractivity contribution is 7.09. The Kier molecular flexibility index (Phi) is 3.75. The smallest absolute Gasteiger partial charge is 0.218 e. The fourth-order valence-electron chi connectivity index (χ4n) is 1.80. The lowest BCUT2D eigenvalue weighted by molar-refractivity contribution is 0.292. The molecule has 0 bridgehead atoms. The van der Waals surface area contributed by atoms with Crippen LogP contribution in [0.1, 0.15) is 23.3 Å². The predicted octanol–water partition coefficient (Wildman–Crippen LogP) is 3.11. The lowest BCUT2D eigenvalue weighted by Gasteiger charge is -2.10. The summed E-state index contributed by atoms with van der Waals surface area (Å²) in [4.78, 5) is 5.18. The minimum absolute atomic E-state index is 0.323. The average Bonchev–Trinajstić information content (AvgIpc) is 3.10.